The zero-order chi connectivity index (χ0) is 33.0. The van der Waals surface area contributed by atoms with Crippen LogP contribution >= 0.6 is 0 Å². The van der Waals surface area contributed by atoms with E-state index >= 15 is 0 Å². The third kappa shape index (κ3) is 6.98. The van der Waals surface area contributed by atoms with Gasteiger partial charge in [-0.05, 0) is 71.6 Å². The number of hydrogen-bond acceptors (Lipinski definition) is 8. The van der Waals surface area contributed by atoms with Gasteiger partial charge in [0.1, 0.15) is 29.2 Å². The Labute approximate surface area is 274 Å². The molecule has 0 saturated heterocycles. The second-order valence-corrected chi connectivity index (χ2v) is 18.2. The van der Waals surface area contributed by atoms with Crippen LogP contribution in [0.3, 0.4) is 0 Å². The molecule has 2 N–H and O–H groups in total. The molecule has 9 heteroatoms. The molecule has 1 aliphatic rings. The van der Waals surface area contributed by atoms with Gasteiger partial charge in [-0.1, -0.05) is 75.4 Å². The van der Waals surface area contributed by atoms with Crippen LogP contribution in [0.15, 0.2) is 97.5 Å². The fraction of sp³-hybridized carbons (Fsp3) is 0.405. The van der Waals surface area contributed by atoms with E-state index in [1.54, 1.807) is 20.4 Å². The molecule has 46 heavy (non-hydrogen) atoms. The van der Waals surface area contributed by atoms with Crippen LogP contribution in [-0.4, -0.2) is 62.5 Å². The summed E-state index contributed by atoms with van der Waals surface area (Å²) in [5.41, 5.74) is 1.89. The summed E-state index contributed by atoms with van der Waals surface area (Å²) in [6, 6.07) is 27.9. The minimum atomic E-state index is -2.23. The molecule has 4 atom stereocenters. The van der Waals surface area contributed by atoms with E-state index in [1.165, 1.54) is 6.33 Å². The largest absolute Gasteiger partial charge is 0.497 e. The molecule has 0 aliphatic heterocycles. The second-order valence-electron chi connectivity index (χ2n) is 13.5. The molecule has 1 saturated carbocycles. The minimum absolute atomic E-state index is 0.0219. The Hall–Kier alpha value is -3.76. The first-order valence-corrected chi connectivity index (χ1v) is 18.8. The van der Waals surface area contributed by atoms with E-state index in [2.05, 4.69) is 61.3 Å². The Balaban J connectivity index is 1.54. The highest BCUT2D eigenvalue weighted by Crippen LogP contribution is 2.45. The molecule has 0 radical (unpaired) electrons. The number of rotatable bonds is 12. The van der Waals surface area contributed by atoms with Crippen molar-refractivity contribution in [1.82, 2.24) is 9.97 Å². The van der Waals surface area contributed by atoms with Gasteiger partial charge >= 0.3 is 0 Å². The lowest BCUT2D eigenvalue weighted by Crippen LogP contribution is -2.50. The van der Waals surface area contributed by atoms with E-state index in [0.717, 1.165) is 28.2 Å². The maximum absolute atomic E-state index is 12.0. The molecule has 0 spiro atoms. The van der Waals surface area contributed by atoms with Gasteiger partial charge in [0, 0.05) is 12.1 Å². The van der Waals surface area contributed by atoms with E-state index in [-0.39, 0.29) is 23.6 Å². The minimum Gasteiger partial charge on any atom is -0.497 e. The van der Waals surface area contributed by atoms with E-state index in [4.69, 9.17) is 18.6 Å². The fourth-order valence-electron chi connectivity index (χ4n) is 5.95. The molecule has 244 valence electrons. The average Bonchev–Trinajstić information content (AvgIpc) is 3.34. The first-order valence-electron chi connectivity index (χ1n) is 15.9. The van der Waals surface area contributed by atoms with Gasteiger partial charge < -0.3 is 29.1 Å². The standard InChI is InChI=1S/C37H47N3O5Si/c1-36(2,3)46(6,7)45-35-32(40-33-21-22-38-25-39-33)23-26(34(35)41)24-44-37(27-11-9-8-10-12-27,28-13-17-30(42-4)18-14-28)29-15-19-31(43-5)20-16-29/h8-22,25-26,32,34-35,41H,23-24H2,1-7H3,(H,38,39,40)/t26-,32-,34-,35+/m1/s1. The van der Waals surface area contributed by atoms with Gasteiger partial charge in [-0.15, -0.1) is 0 Å². The number of aliphatic hydroxyl groups excluding tert-OH is 1. The first-order chi connectivity index (χ1) is 22.0. The summed E-state index contributed by atoms with van der Waals surface area (Å²) < 4.78 is 25.1. The second kappa shape index (κ2) is 13.9. The summed E-state index contributed by atoms with van der Waals surface area (Å²) in [5.74, 6) is 2.01. The van der Waals surface area contributed by atoms with Crippen LogP contribution in [-0.2, 0) is 14.8 Å². The molecule has 1 heterocycles. The van der Waals surface area contributed by atoms with Crippen molar-refractivity contribution in [3.63, 3.8) is 0 Å². The van der Waals surface area contributed by atoms with E-state index in [9.17, 15) is 5.11 Å². The summed E-state index contributed by atoms with van der Waals surface area (Å²) in [5, 5.41) is 15.5. The highest BCUT2D eigenvalue weighted by Gasteiger charge is 2.50. The molecule has 4 aromatic rings. The normalized spacial score (nSPS) is 20.3. The lowest BCUT2D eigenvalue weighted by Gasteiger charge is -2.41. The number of nitrogens with zero attached hydrogens (tertiary/aromatic N) is 2. The predicted octanol–water partition coefficient (Wildman–Crippen LogP) is 7.05. The average molecular weight is 642 g/mol. The maximum Gasteiger partial charge on any atom is 0.192 e. The van der Waals surface area contributed by atoms with Crippen LogP contribution in [0.25, 0.3) is 0 Å². The quantitative estimate of drug-likeness (QED) is 0.126. The number of ether oxygens (including phenoxy) is 3. The van der Waals surface area contributed by atoms with Crippen molar-refractivity contribution in [1.29, 1.82) is 0 Å². The first kappa shape index (κ1) is 33.6. The molecule has 5 rings (SSSR count). The SMILES string of the molecule is COc1ccc(C(OC[C@H]2C[C@@H](Nc3ccncn3)[C@H](O[Si](C)(C)C(C)(C)C)[C@@H]2O)(c2ccccc2)c2ccc(OC)cc2)cc1. The third-order valence-corrected chi connectivity index (χ3v) is 14.1. The van der Waals surface area contributed by atoms with Crippen LogP contribution in [0.4, 0.5) is 5.82 Å². The molecule has 1 aliphatic carbocycles. The molecule has 8 nitrogen and oxygen atoms in total. The molecule has 0 unspecified atom stereocenters. The van der Waals surface area contributed by atoms with Crippen LogP contribution in [0.5, 0.6) is 11.5 Å². The van der Waals surface area contributed by atoms with Crippen molar-refractivity contribution in [3.8, 4) is 11.5 Å². The smallest absolute Gasteiger partial charge is 0.192 e. The summed E-state index contributed by atoms with van der Waals surface area (Å²) in [6.07, 6.45) is 2.69. The van der Waals surface area contributed by atoms with Crippen LogP contribution in [0.1, 0.15) is 43.9 Å². The fourth-order valence-corrected chi connectivity index (χ4v) is 7.29. The van der Waals surface area contributed by atoms with Gasteiger partial charge in [0.25, 0.3) is 0 Å². The predicted molar refractivity (Wildman–Crippen MR) is 184 cm³/mol. The zero-order valence-corrected chi connectivity index (χ0v) is 28.9. The van der Waals surface area contributed by atoms with Gasteiger partial charge in [-0.3, -0.25) is 0 Å². The zero-order valence-electron chi connectivity index (χ0n) is 27.9. The van der Waals surface area contributed by atoms with Crippen LogP contribution < -0.4 is 14.8 Å². The van der Waals surface area contributed by atoms with Crippen molar-refractivity contribution in [3.05, 3.63) is 114 Å². The Morgan fingerprint density at radius 1 is 0.826 bits per heavy atom. The summed E-state index contributed by atoms with van der Waals surface area (Å²) in [7, 11) is 1.09. The van der Waals surface area contributed by atoms with Crippen molar-refractivity contribution < 1.29 is 23.7 Å². The number of benzene rings is 3. The Morgan fingerprint density at radius 2 is 1.39 bits per heavy atom. The van der Waals surface area contributed by atoms with Crippen molar-refractivity contribution >= 4 is 14.1 Å². The molecule has 3 aromatic carbocycles. The van der Waals surface area contributed by atoms with Crippen molar-refractivity contribution in [2.24, 2.45) is 5.92 Å². The van der Waals surface area contributed by atoms with Crippen LogP contribution in [0, 0.1) is 5.92 Å². The van der Waals surface area contributed by atoms with E-state index in [1.807, 2.05) is 72.8 Å². The number of anilines is 1. The molecular weight excluding hydrogens is 595 g/mol. The highest BCUT2D eigenvalue weighted by molar-refractivity contribution is 6.74. The Bertz CT molecular complexity index is 1480. The topological polar surface area (TPSA) is 95.0 Å². The molecule has 1 fully saturated rings. The number of aromatic nitrogens is 2. The number of nitrogens with one attached hydrogen (secondary N) is 1. The van der Waals surface area contributed by atoms with E-state index < -0.39 is 26.1 Å². The summed E-state index contributed by atoms with van der Waals surface area (Å²) in [6.45, 7) is 11.4. The van der Waals surface area contributed by atoms with Crippen LogP contribution in [0.2, 0.25) is 18.1 Å². The van der Waals surface area contributed by atoms with Crippen molar-refractivity contribution in [2.75, 3.05) is 26.1 Å². The van der Waals surface area contributed by atoms with Gasteiger partial charge in [0.2, 0.25) is 0 Å². The lowest BCUT2D eigenvalue weighted by molar-refractivity contribution is -0.0460. The maximum atomic E-state index is 12.0. The Morgan fingerprint density at radius 3 is 1.89 bits per heavy atom. The van der Waals surface area contributed by atoms with Gasteiger partial charge in [-0.2, -0.15) is 0 Å². The monoisotopic (exact) mass is 641 g/mol. The van der Waals surface area contributed by atoms with Crippen molar-refractivity contribution in [2.45, 2.75) is 69.2 Å². The van der Waals surface area contributed by atoms with E-state index in [0.29, 0.717) is 12.2 Å². The molecule has 0 bridgehead atoms. The summed E-state index contributed by atoms with van der Waals surface area (Å²) >= 11 is 0. The van der Waals surface area contributed by atoms with Gasteiger partial charge in [0.05, 0.1) is 39.1 Å². The highest BCUT2D eigenvalue weighted by atomic mass is 28.4. The lowest BCUT2D eigenvalue weighted by atomic mass is 9.79. The Kier molecular flexibility index (Phi) is 10.2. The third-order valence-electron chi connectivity index (χ3n) is 9.61. The molecule has 1 aromatic heterocycles. The number of methoxy groups -OCH3 is 2. The molecular formula is C37H47N3O5Si. The number of hydrogen-bond donors (Lipinski definition) is 2. The summed E-state index contributed by atoms with van der Waals surface area (Å²) in [4.78, 5) is 8.47. The van der Waals surface area contributed by atoms with Gasteiger partial charge in [0.15, 0.2) is 8.32 Å². The molecule has 0 amide bonds. The number of aliphatic hydroxyl groups is 1. The van der Waals surface area contributed by atoms with Gasteiger partial charge in [-0.25, -0.2) is 9.97 Å².